The second kappa shape index (κ2) is 14.9. The maximum absolute atomic E-state index is 14.2. The SMILES string of the molecule is CC[C@H]1OC(=O)[C@H](C)[C@@H](O[Si](C)(C)C)[C@H](C)[C@@H](OC2O[C@H](C)C[C@H](N(C)C)[C@H]2O[Si](C)(C)C)[C@@]2(C)C[C@@H](C)C3(OC1(C)C=C3CCC(=N)N)O2. The summed E-state index contributed by atoms with van der Waals surface area (Å²) in [7, 11) is -0.0622. The molecule has 0 aromatic heterocycles. The summed E-state index contributed by atoms with van der Waals surface area (Å²) >= 11 is 0. The zero-order chi connectivity index (χ0) is 37.8. The third-order valence-corrected chi connectivity index (χ3v) is 12.9. The first-order chi connectivity index (χ1) is 22.8. The molecule has 4 aliphatic heterocycles. The molecular formula is C37H69N3O8Si2. The van der Waals surface area contributed by atoms with Gasteiger partial charge in [0.2, 0.25) is 0 Å². The van der Waals surface area contributed by atoms with Gasteiger partial charge in [-0.1, -0.05) is 20.8 Å². The molecule has 1 spiro atoms. The lowest BCUT2D eigenvalue weighted by Crippen LogP contribution is -2.62. The summed E-state index contributed by atoms with van der Waals surface area (Å²) < 4.78 is 48.8. The number of fused-ring (bicyclic) bond motifs is 2. The number of ether oxygens (including phenoxy) is 5. The standard InChI is InChI=1S/C37H69N3O8Si2/c1-16-28-35(6)21-26(17-18-29(38)39)37(47-35)22(2)20-36(7,48-37)32(24(4)30(45-49(10,11)12)25(5)33(41)43-28)44-34-31(46-50(13,14)15)27(40(8)9)19-23(3)42-34/h21-25,27-28,30-32,34H,16-20H2,1-15H3,(H3,38,39)/t22-,23-,24+,25-,27+,28-,30+,31-,32-,34?,35?,36-,37?/m1/s1. The van der Waals surface area contributed by atoms with Crippen LogP contribution in [-0.2, 0) is 37.3 Å². The number of hydrogen-bond donors (Lipinski definition) is 2. The fourth-order valence-electron chi connectivity index (χ4n) is 8.83. The summed E-state index contributed by atoms with van der Waals surface area (Å²) in [5.41, 5.74) is 4.98. The number of esters is 1. The number of likely N-dealkylation sites (N-methyl/N-ethyl adjacent to an activating group) is 1. The first kappa shape index (κ1) is 41.6. The van der Waals surface area contributed by atoms with E-state index in [1.54, 1.807) is 0 Å². The number of nitrogens with two attached hydrogens (primary N) is 1. The summed E-state index contributed by atoms with van der Waals surface area (Å²) in [6.45, 7) is 27.4. The first-order valence-corrected chi connectivity index (χ1v) is 25.6. The number of nitrogens with zero attached hydrogens (tertiary/aromatic N) is 1. The third kappa shape index (κ3) is 8.78. The van der Waals surface area contributed by atoms with E-state index < -0.39 is 64.1 Å². The highest BCUT2D eigenvalue weighted by Crippen LogP contribution is 2.57. The van der Waals surface area contributed by atoms with E-state index in [4.69, 9.17) is 43.7 Å². The lowest BCUT2D eigenvalue weighted by Gasteiger charge is -2.50. The molecule has 0 saturated carbocycles. The van der Waals surface area contributed by atoms with Gasteiger partial charge in [-0.2, -0.15) is 0 Å². The number of amidine groups is 1. The van der Waals surface area contributed by atoms with E-state index in [1.165, 1.54) is 0 Å². The molecule has 3 fully saturated rings. The molecule has 4 aliphatic rings. The zero-order valence-electron chi connectivity index (χ0n) is 33.7. The normalized spacial score (nSPS) is 42.9. The molecule has 11 nitrogen and oxygen atoms in total. The van der Waals surface area contributed by atoms with Crippen LogP contribution in [0.3, 0.4) is 0 Å². The predicted octanol–water partition coefficient (Wildman–Crippen LogP) is 6.43. The topological polar surface area (TPSA) is 135 Å². The molecule has 50 heavy (non-hydrogen) atoms. The highest BCUT2D eigenvalue weighted by Gasteiger charge is 2.65. The van der Waals surface area contributed by atoms with E-state index >= 15 is 0 Å². The van der Waals surface area contributed by atoms with E-state index in [0.29, 0.717) is 25.7 Å². The van der Waals surface area contributed by atoms with Gasteiger partial charge >= 0.3 is 5.97 Å². The van der Waals surface area contributed by atoms with E-state index in [2.05, 4.69) is 92.0 Å². The van der Waals surface area contributed by atoms with Gasteiger partial charge < -0.3 is 43.2 Å². The summed E-state index contributed by atoms with van der Waals surface area (Å²) in [6, 6.07) is 0.0773. The second-order valence-electron chi connectivity index (χ2n) is 18.2. The van der Waals surface area contributed by atoms with Gasteiger partial charge in [-0.15, -0.1) is 0 Å². The number of hydrogen-bond acceptors (Lipinski definition) is 10. The molecule has 3 N–H and O–H groups in total. The lowest BCUT2D eigenvalue weighted by molar-refractivity contribution is -0.326. The molecule has 13 heteroatoms. The maximum Gasteiger partial charge on any atom is 0.311 e. The van der Waals surface area contributed by atoms with E-state index in [1.807, 2.05) is 20.8 Å². The van der Waals surface area contributed by atoms with Gasteiger partial charge in [-0.3, -0.25) is 10.2 Å². The van der Waals surface area contributed by atoms with Crippen molar-refractivity contribution in [3.63, 3.8) is 0 Å². The number of nitrogens with one attached hydrogen (secondary N) is 1. The van der Waals surface area contributed by atoms with E-state index in [0.717, 1.165) is 12.0 Å². The first-order valence-electron chi connectivity index (χ1n) is 18.8. The molecule has 3 saturated heterocycles. The molecule has 4 heterocycles. The van der Waals surface area contributed by atoms with Crippen molar-refractivity contribution >= 4 is 28.4 Å². The number of carbonyl (C=O) groups excluding carboxylic acids is 1. The molecule has 0 aromatic rings. The highest BCUT2D eigenvalue weighted by atomic mass is 28.4. The molecule has 13 atom stereocenters. The monoisotopic (exact) mass is 739 g/mol. The predicted molar refractivity (Wildman–Crippen MR) is 201 cm³/mol. The molecule has 288 valence electrons. The minimum Gasteiger partial charge on any atom is -0.459 e. The summed E-state index contributed by atoms with van der Waals surface area (Å²) in [6.07, 6.45) is 2.18. The van der Waals surface area contributed by atoms with Crippen LogP contribution in [0.25, 0.3) is 0 Å². The average Bonchev–Trinajstić information content (AvgIpc) is 3.41. The van der Waals surface area contributed by atoms with Crippen molar-refractivity contribution in [1.29, 1.82) is 5.41 Å². The van der Waals surface area contributed by atoms with Crippen molar-refractivity contribution in [2.45, 2.75) is 180 Å². The summed E-state index contributed by atoms with van der Waals surface area (Å²) in [5.74, 6) is -2.35. The van der Waals surface area contributed by atoms with Gasteiger partial charge in [-0.05, 0) is 118 Å². The van der Waals surface area contributed by atoms with Gasteiger partial charge in [0.15, 0.2) is 28.7 Å². The molecule has 0 radical (unpaired) electrons. The third-order valence-electron chi connectivity index (χ3n) is 10.9. The van der Waals surface area contributed by atoms with Crippen molar-refractivity contribution < 1.29 is 37.3 Å². The fourth-order valence-corrected chi connectivity index (χ4v) is 11.1. The zero-order valence-corrected chi connectivity index (χ0v) is 35.7. The van der Waals surface area contributed by atoms with Gasteiger partial charge in [0, 0.05) is 24.3 Å². The smallest absolute Gasteiger partial charge is 0.311 e. The van der Waals surface area contributed by atoms with Crippen LogP contribution in [0.4, 0.5) is 0 Å². The Hall–Kier alpha value is -1.17. The average molecular weight is 740 g/mol. The minimum atomic E-state index is -2.19. The van der Waals surface area contributed by atoms with Gasteiger partial charge in [0.05, 0.1) is 35.7 Å². The second-order valence-corrected chi connectivity index (χ2v) is 27.1. The summed E-state index contributed by atoms with van der Waals surface area (Å²) in [5, 5.41) is 8.04. The van der Waals surface area contributed by atoms with Gasteiger partial charge in [0.1, 0.15) is 17.8 Å². The van der Waals surface area contributed by atoms with Crippen LogP contribution in [0.1, 0.15) is 80.6 Å². The van der Waals surface area contributed by atoms with Crippen LogP contribution in [0.5, 0.6) is 0 Å². The molecule has 0 aliphatic carbocycles. The summed E-state index contributed by atoms with van der Waals surface area (Å²) in [4.78, 5) is 16.4. The number of carbonyl (C=O) groups is 1. The van der Waals surface area contributed by atoms with Crippen LogP contribution in [0.15, 0.2) is 11.6 Å². The van der Waals surface area contributed by atoms with Crippen LogP contribution in [-0.4, -0.2) is 107 Å². The molecule has 3 bridgehead atoms. The Bertz CT molecular complexity index is 1270. The fraction of sp³-hybridized carbons (Fsp3) is 0.892. The van der Waals surface area contributed by atoms with Crippen LogP contribution < -0.4 is 5.73 Å². The molecule has 3 unspecified atom stereocenters. The Balaban J connectivity index is 1.91. The van der Waals surface area contributed by atoms with Crippen LogP contribution in [0.2, 0.25) is 39.3 Å². The van der Waals surface area contributed by atoms with Gasteiger partial charge in [-0.25, -0.2) is 0 Å². The minimum absolute atomic E-state index is 0.0631. The Labute approximate surface area is 304 Å². The van der Waals surface area contributed by atoms with Crippen molar-refractivity contribution in [1.82, 2.24) is 4.90 Å². The highest BCUT2D eigenvalue weighted by molar-refractivity contribution is 6.70. The Kier molecular flexibility index (Phi) is 12.4. The van der Waals surface area contributed by atoms with Gasteiger partial charge in [0.25, 0.3) is 0 Å². The molecule has 0 amide bonds. The Morgan fingerprint density at radius 2 is 1.62 bits per heavy atom. The Morgan fingerprint density at radius 3 is 2.16 bits per heavy atom. The lowest BCUT2D eigenvalue weighted by atomic mass is 9.78. The van der Waals surface area contributed by atoms with Crippen molar-refractivity contribution in [2.24, 2.45) is 23.5 Å². The molecule has 4 rings (SSSR count). The van der Waals surface area contributed by atoms with E-state index in [-0.39, 0.29) is 41.9 Å². The molecule has 0 aromatic carbocycles. The van der Waals surface area contributed by atoms with Crippen LogP contribution >= 0.6 is 0 Å². The van der Waals surface area contributed by atoms with Crippen molar-refractivity contribution in [3.8, 4) is 0 Å². The maximum atomic E-state index is 14.2. The van der Waals surface area contributed by atoms with Crippen molar-refractivity contribution in [3.05, 3.63) is 11.6 Å². The van der Waals surface area contributed by atoms with Crippen LogP contribution in [0, 0.1) is 23.2 Å². The molecular weight excluding hydrogens is 671 g/mol. The Morgan fingerprint density at radius 1 is 1.02 bits per heavy atom. The van der Waals surface area contributed by atoms with E-state index in [9.17, 15) is 4.79 Å². The largest absolute Gasteiger partial charge is 0.459 e. The quantitative estimate of drug-likeness (QED) is 0.0803. The number of rotatable bonds is 11. The number of cyclic esters (lactones) is 1. The van der Waals surface area contributed by atoms with Crippen molar-refractivity contribution in [2.75, 3.05) is 14.1 Å².